The molecule has 3 unspecified atom stereocenters. The Hall–Kier alpha value is -2.97. The molecule has 0 saturated carbocycles. The van der Waals surface area contributed by atoms with Crippen LogP contribution in [0.15, 0.2) is 55.6 Å². The molecule has 3 saturated heterocycles. The molecule has 41 heavy (non-hydrogen) atoms. The van der Waals surface area contributed by atoms with Gasteiger partial charge in [0.05, 0.1) is 30.1 Å². The third kappa shape index (κ3) is 5.03. The van der Waals surface area contributed by atoms with Crippen LogP contribution in [0.25, 0.3) is 0 Å². The Morgan fingerprint density at radius 3 is 2.29 bits per heavy atom. The molecule has 7 atom stereocenters. The third-order valence-corrected chi connectivity index (χ3v) is 9.54. The number of carbonyl (C=O) groups excluding carboxylic acids is 3. The van der Waals surface area contributed by atoms with Crippen molar-refractivity contribution < 1.29 is 24.2 Å². The monoisotopic (exact) mass is 565 g/mol. The van der Waals surface area contributed by atoms with Crippen molar-refractivity contribution in [2.75, 3.05) is 32.8 Å². The largest absolute Gasteiger partial charge is 0.394 e. The van der Waals surface area contributed by atoms with Gasteiger partial charge in [-0.25, -0.2) is 0 Å². The van der Waals surface area contributed by atoms with Gasteiger partial charge in [0.1, 0.15) is 11.6 Å². The second-order valence-corrected chi connectivity index (χ2v) is 12.1. The highest BCUT2D eigenvalue weighted by Gasteiger charge is 2.80. The van der Waals surface area contributed by atoms with Crippen molar-refractivity contribution in [1.82, 2.24) is 14.7 Å². The number of hydrogen-bond acceptors (Lipinski definition) is 5. The third-order valence-electron chi connectivity index (χ3n) is 9.54. The summed E-state index contributed by atoms with van der Waals surface area (Å²) >= 11 is 0. The fourth-order valence-corrected chi connectivity index (χ4v) is 7.58. The predicted molar refractivity (Wildman–Crippen MR) is 159 cm³/mol. The van der Waals surface area contributed by atoms with Gasteiger partial charge in [-0.2, -0.15) is 0 Å². The molecular weight excluding hydrogens is 518 g/mol. The molecule has 1 aromatic rings. The van der Waals surface area contributed by atoms with E-state index in [1.54, 1.807) is 26.9 Å². The van der Waals surface area contributed by atoms with E-state index in [9.17, 15) is 19.5 Å². The van der Waals surface area contributed by atoms with Gasteiger partial charge in [0.15, 0.2) is 0 Å². The van der Waals surface area contributed by atoms with Gasteiger partial charge < -0.3 is 24.5 Å². The maximum Gasteiger partial charge on any atom is 0.248 e. The highest BCUT2D eigenvalue weighted by molar-refractivity contribution is 5.99. The lowest BCUT2D eigenvalue weighted by molar-refractivity contribution is -0.157. The number of aliphatic hydroxyl groups excluding tert-OH is 1. The Morgan fingerprint density at radius 1 is 1.10 bits per heavy atom. The molecule has 1 aromatic carbocycles. The minimum Gasteiger partial charge on any atom is -0.394 e. The standard InChI is InChI=1S/C33H47N3O5/c1-7-11-20-35(19-10-4)31(40)28-33-21-23(5)32(6,41-33)26(29(38)34(17-8-2)18-9-3)27(33)30(39)36(28)25(22-37)24-15-13-12-14-16-24/h8,10,12-16,23,25-28,37H,2,4,7,9,11,17-22H2,1,3,5-6H3/t23?,25-,26+,27+,28?,32-,33?/m1/s1. The van der Waals surface area contributed by atoms with Crippen LogP contribution in [0.4, 0.5) is 0 Å². The van der Waals surface area contributed by atoms with E-state index in [1.165, 1.54) is 0 Å². The van der Waals surface area contributed by atoms with Gasteiger partial charge in [0.2, 0.25) is 17.7 Å². The molecule has 1 N–H and O–H groups in total. The molecule has 8 heteroatoms. The van der Waals surface area contributed by atoms with Gasteiger partial charge in [-0.15, -0.1) is 13.2 Å². The molecule has 8 nitrogen and oxygen atoms in total. The molecule has 224 valence electrons. The number of rotatable bonds is 14. The van der Waals surface area contributed by atoms with E-state index in [0.29, 0.717) is 32.6 Å². The van der Waals surface area contributed by atoms with E-state index >= 15 is 0 Å². The van der Waals surface area contributed by atoms with Gasteiger partial charge in [-0.1, -0.05) is 69.7 Å². The second kappa shape index (κ2) is 12.5. The van der Waals surface area contributed by atoms with E-state index in [2.05, 4.69) is 27.0 Å². The van der Waals surface area contributed by atoms with Crippen LogP contribution in [-0.4, -0.2) is 87.6 Å². The first-order valence-corrected chi connectivity index (χ1v) is 15.1. The Morgan fingerprint density at radius 2 is 1.73 bits per heavy atom. The minimum absolute atomic E-state index is 0.0595. The number of likely N-dealkylation sites (tertiary alicyclic amines) is 1. The Kier molecular flexibility index (Phi) is 9.44. The number of amides is 3. The summed E-state index contributed by atoms with van der Waals surface area (Å²) in [5.74, 6) is -2.29. The predicted octanol–water partition coefficient (Wildman–Crippen LogP) is 3.97. The molecule has 0 aromatic heterocycles. The van der Waals surface area contributed by atoms with Crippen molar-refractivity contribution in [3.8, 4) is 0 Å². The lowest BCUT2D eigenvalue weighted by Crippen LogP contribution is -2.57. The van der Waals surface area contributed by atoms with Crippen LogP contribution in [0.1, 0.15) is 65.0 Å². The zero-order chi connectivity index (χ0) is 29.9. The topological polar surface area (TPSA) is 90.4 Å². The first kappa shape index (κ1) is 31.0. The molecular formula is C33H47N3O5. The van der Waals surface area contributed by atoms with Crippen molar-refractivity contribution in [2.24, 2.45) is 17.8 Å². The molecule has 0 aliphatic carbocycles. The summed E-state index contributed by atoms with van der Waals surface area (Å²) in [5.41, 5.74) is -1.34. The van der Waals surface area contributed by atoms with Crippen LogP contribution in [0.5, 0.6) is 0 Å². The zero-order valence-corrected chi connectivity index (χ0v) is 25.1. The molecule has 2 bridgehead atoms. The van der Waals surface area contributed by atoms with Gasteiger partial charge >= 0.3 is 0 Å². The summed E-state index contributed by atoms with van der Waals surface area (Å²) < 4.78 is 6.93. The molecule has 1 spiro atoms. The number of ether oxygens (including phenoxy) is 1. The van der Waals surface area contributed by atoms with Gasteiger partial charge in [-0.3, -0.25) is 14.4 Å². The van der Waals surface area contributed by atoms with Crippen molar-refractivity contribution >= 4 is 17.7 Å². The summed E-state index contributed by atoms with van der Waals surface area (Å²) in [4.78, 5) is 48.7. The maximum absolute atomic E-state index is 14.7. The van der Waals surface area contributed by atoms with Crippen LogP contribution >= 0.6 is 0 Å². The van der Waals surface area contributed by atoms with Crippen LogP contribution < -0.4 is 0 Å². The van der Waals surface area contributed by atoms with Gasteiger partial charge in [0, 0.05) is 26.2 Å². The first-order chi connectivity index (χ1) is 19.7. The average molecular weight is 566 g/mol. The number of fused-ring (bicyclic) bond motifs is 1. The highest BCUT2D eigenvalue weighted by Crippen LogP contribution is 2.66. The number of unbranched alkanes of at least 4 members (excludes halogenated alkanes) is 1. The SMILES string of the molecule is C=CCN(CCCC)C(=O)C1N([C@H](CO)c2ccccc2)C(=O)[C@@H]2[C@@H](C(=O)N(CC=C)CCC)[C@]3(C)OC12CC3C. The van der Waals surface area contributed by atoms with Crippen LogP contribution in [0.3, 0.4) is 0 Å². The van der Waals surface area contributed by atoms with E-state index in [-0.39, 0.29) is 30.2 Å². The van der Waals surface area contributed by atoms with E-state index in [0.717, 1.165) is 24.8 Å². The normalized spacial score (nSPS) is 30.7. The fourth-order valence-electron chi connectivity index (χ4n) is 7.58. The second-order valence-electron chi connectivity index (χ2n) is 12.1. The highest BCUT2D eigenvalue weighted by atomic mass is 16.5. The van der Waals surface area contributed by atoms with Gasteiger partial charge in [-0.05, 0) is 37.7 Å². The zero-order valence-electron chi connectivity index (χ0n) is 25.1. The van der Waals surface area contributed by atoms with Gasteiger partial charge in [0.25, 0.3) is 0 Å². The molecule has 3 aliphatic rings. The smallest absolute Gasteiger partial charge is 0.248 e. The molecule has 3 aliphatic heterocycles. The van der Waals surface area contributed by atoms with Crippen molar-refractivity contribution in [1.29, 1.82) is 0 Å². The number of benzene rings is 1. The van der Waals surface area contributed by atoms with Crippen molar-refractivity contribution in [3.05, 3.63) is 61.2 Å². The van der Waals surface area contributed by atoms with Crippen molar-refractivity contribution in [2.45, 2.75) is 76.7 Å². The fraction of sp³-hybridized carbons (Fsp3) is 0.606. The van der Waals surface area contributed by atoms with Crippen LogP contribution in [0, 0.1) is 17.8 Å². The molecule has 3 fully saturated rings. The number of hydrogen-bond donors (Lipinski definition) is 1. The summed E-state index contributed by atoms with van der Waals surface area (Å²) in [7, 11) is 0. The summed E-state index contributed by atoms with van der Waals surface area (Å²) in [6, 6.07) is 7.58. The Labute approximate surface area is 245 Å². The van der Waals surface area contributed by atoms with E-state index in [1.807, 2.05) is 44.2 Å². The Balaban J connectivity index is 1.88. The van der Waals surface area contributed by atoms with E-state index in [4.69, 9.17) is 4.74 Å². The maximum atomic E-state index is 14.7. The lowest BCUT2D eigenvalue weighted by Gasteiger charge is -2.39. The van der Waals surface area contributed by atoms with Crippen molar-refractivity contribution in [3.63, 3.8) is 0 Å². The molecule has 3 amide bonds. The first-order valence-electron chi connectivity index (χ1n) is 15.1. The number of carbonyl (C=O) groups is 3. The average Bonchev–Trinajstić information content (AvgIpc) is 3.48. The van der Waals surface area contributed by atoms with Crippen LogP contribution in [-0.2, 0) is 19.1 Å². The lowest BCUT2D eigenvalue weighted by atomic mass is 9.62. The minimum atomic E-state index is -1.18. The summed E-state index contributed by atoms with van der Waals surface area (Å²) in [5, 5.41) is 10.7. The summed E-state index contributed by atoms with van der Waals surface area (Å²) in [6.45, 7) is 17.2. The molecule has 0 radical (unpaired) electrons. The van der Waals surface area contributed by atoms with E-state index < -0.39 is 35.1 Å². The number of nitrogens with zero attached hydrogens (tertiary/aromatic N) is 3. The number of aliphatic hydroxyl groups is 1. The van der Waals surface area contributed by atoms with Crippen LogP contribution in [0.2, 0.25) is 0 Å². The Bertz CT molecular complexity index is 1140. The molecule has 4 rings (SSSR count). The quantitative estimate of drug-likeness (QED) is 0.345. The summed E-state index contributed by atoms with van der Waals surface area (Å²) in [6.07, 6.45) is 6.37. The molecule has 3 heterocycles.